The van der Waals surface area contributed by atoms with Crippen LogP contribution in [-0.2, 0) is 6.42 Å². The largest absolute Gasteiger partial charge is 0.103 e. The van der Waals surface area contributed by atoms with E-state index in [1.54, 1.807) is 0 Å². The molecule has 0 unspecified atom stereocenters. The van der Waals surface area contributed by atoms with Gasteiger partial charge in [-0.25, -0.2) is 0 Å². The zero-order valence-electron chi connectivity index (χ0n) is 9.69. The Balaban J connectivity index is 2.39. The molecule has 0 aliphatic heterocycles. The Kier molecular flexibility index (Phi) is 2.41. The first-order valence-corrected chi connectivity index (χ1v) is 5.90. The van der Waals surface area contributed by atoms with Crippen molar-refractivity contribution in [3.8, 4) is 0 Å². The third kappa shape index (κ3) is 1.72. The second kappa shape index (κ2) is 4.06. The minimum atomic E-state index is 0.926. The summed E-state index contributed by atoms with van der Waals surface area (Å²) in [5, 5.41) is 5.25. The van der Waals surface area contributed by atoms with Gasteiger partial charge >= 0.3 is 0 Å². The quantitative estimate of drug-likeness (QED) is 0.431. The van der Waals surface area contributed by atoms with Crippen LogP contribution in [0.3, 0.4) is 0 Å². The van der Waals surface area contributed by atoms with E-state index in [2.05, 4.69) is 61.2 Å². The van der Waals surface area contributed by atoms with Gasteiger partial charge in [0.05, 0.1) is 0 Å². The van der Waals surface area contributed by atoms with Gasteiger partial charge in [0, 0.05) is 0 Å². The molecule has 0 spiro atoms. The van der Waals surface area contributed by atoms with Gasteiger partial charge in [0.2, 0.25) is 0 Å². The number of hydrogen-bond donors (Lipinski definition) is 0. The minimum absolute atomic E-state index is 0.926. The van der Waals surface area contributed by atoms with Crippen LogP contribution in [0.5, 0.6) is 0 Å². The molecule has 0 saturated heterocycles. The molecule has 0 fully saturated rings. The van der Waals surface area contributed by atoms with Crippen LogP contribution in [0.15, 0.2) is 67.3 Å². The highest BCUT2D eigenvalue weighted by Crippen LogP contribution is 2.25. The third-order valence-corrected chi connectivity index (χ3v) is 3.20. The molecule has 0 aromatic heterocycles. The summed E-state index contributed by atoms with van der Waals surface area (Å²) in [5.41, 5.74) is 1.35. The predicted molar refractivity (Wildman–Crippen MR) is 75.4 cm³/mol. The van der Waals surface area contributed by atoms with Crippen LogP contribution in [0, 0.1) is 0 Å². The average molecular weight is 218 g/mol. The molecule has 17 heavy (non-hydrogen) atoms. The summed E-state index contributed by atoms with van der Waals surface area (Å²) in [6, 6.07) is 19.5. The summed E-state index contributed by atoms with van der Waals surface area (Å²) in [4.78, 5) is 0. The van der Waals surface area contributed by atoms with E-state index in [1.807, 2.05) is 6.08 Å². The van der Waals surface area contributed by atoms with Crippen molar-refractivity contribution in [2.45, 2.75) is 6.42 Å². The van der Waals surface area contributed by atoms with Crippen molar-refractivity contribution >= 4 is 21.5 Å². The van der Waals surface area contributed by atoms with Gasteiger partial charge in [-0.05, 0) is 45.7 Å². The number of rotatable bonds is 2. The first-order valence-electron chi connectivity index (χ1n) is 5.90. The fourth-order valence-electron chi connectivity index (χ4n) is 2.37. The molecule has 0 saturated carbocycles. The molecule has 0 amide bonds. The van der Waals surface area contributed by atoms with Crippen LogP contribution in [-0.4, -0.2) is 0 Å². The fraction of sp³-hybridized carbons (Fsp3) is 0.0588. The van der Waals surface area contributed by atoms with E-state index in [-0.39, 0.29) is 0 Å². The first-order chi connectivity index (χ1) is 8.38. The molecule has 3 rings (SSSR count). The lowest BCUT2D eigenvalue weighted by Crippen LogP contribution is -1.84. The van der Waals surface area contributed by atoms with Gasteiger partial charge < -0.3 is 0 Å². The van der Waals surface area contributed by atoms with Gasteiger partial charge in [-0.1, -0.05) is 48.5 Å². The average Bonchev–Trinajstić information content (AvgIpc) is 2.37. The summed E-state index contributed by atoms with van der Waals surface area (Å²) in [5.74, 6) is 0. The Hall–Kier alpha value is -2.08. The molecule has 0 bridgehead atoms. The van der Waals surface area contributed by atoms with Gasteiger partial charge in [0.25, 0.3) is 0 Å². The fourth-order valence-corrected chi connectivity index (χ4v) is 2.37. The van der Waals surface area contributed by atoms with E-state index >= 15 is 0 Å². The maximum Gasteiger partial charge on any atom is -0.00940 e. The topological polar surface area (TPSA) is 0 Å². The monoisotopic (exact) mass is 218 g/mol. The van der Waals surface area contributed by atoms with Crippen molar-refractivity contribution in [3.63, 3.8) is 0 Å². The molecule has 0 atom stereocenters. The molecule has 0 nitrogen and oxygen atoms in total. The third-order valence-electron chi connectivity index (χ3n) is 3.20. The SMILES string of the molecule is C=CCc1cccc2cc3ccccc3cc12. The molecule has 0 N–H and O–H groups in total. The molecular formula is C17H14. The Morgan fingerprint density at radius 2 is 1.53 bits per heavy atom. The summed E-state index contributed by atoms with van der Waals surface area (Å²) < 4.78 is 0. The normalized spacial score (nSPS) is 10.8. The van der Waals surface area contributed by atoms with E-state index in [9.17, 15) is 0 Å². The van der Waals surface area contributed by atoms with Crippen molar-refractivity contribution < 1.29 is 0 Å². The molecule has 0 aliphatic carbocycles. The summed E-state index contributed by atoms with van der Waals surface area (Å²) in [6.07, 6.45) is 2.89. The Morgan fingerprint density at radius 1 is 0.824 bits per heavy atom. The second-order valence-electron chi connectivity index (χ2n) is 4.33. The molecule has 82 valence electrons. The van der Waals surface area contributed by atoms with Crippen molar-refractivity contribution in [2.75, 3.05) is 0 Å². The first kappa shape index (κ1) is 10.1. The van der Waals surface area contributed by atoms with Crippen molar-refractivity contribution in [1.29, 1.82) is 0 Å². The van der Waals surface area contributed by atoms with Gasteiger partial charge in [0.1, 0.15) is 0 Å². The zero-order valence-corrected chi connectivity index (χ0v) is 9.69. The predicted octanol–water partition coefficient (Wildman–Crippen LogP) is 4.72. The lowest BCUT2D eigenvalue weighted by atomic mass is 9.98. The minimum Gasteiger partial charge on any atom is -0.103 e. The van der Waals surface area contributed by atoms with Crippen LogP contribution >= 0.6 is 0 Å². The van der Waals surface area contributed by atoms with E-state index < -0.39 is 0 Å². The Labute approximate surface area is 101 Å². The van der Waals surface area contributed by atoms with Crippen molar-refractivity contribution in [1.82, 2.24) is 0 Å². The van der Waals surface area contributed by atoms with Crippen molar-refractivity contribution in [3.05, 3.63) is 72.8 Å². The lowest BCUT2D eigenvalue weighted by Gasteiger charge is -2.06. The second-order valence-corrected chi connectivity index (χ2v) is 4.33. The van der Waals surface area contributed by atoms with Gasteiger partial charge in [-0.15, -0.1) is 6.58 Å². The molecule has 0 aliphatic rings. The number of hydrogen-bond acceptors (Lipinski definition) is 0. The van der Waals surface area contributed by atoms with Crippen molar-refractivity contribution in [2.24, 2.45) is 0 Å². The van der Waals surface area contributed by atoms with Crippen LogP contribution < -0.4 is 0 Å². The zero-order chi connectivity index (χ0) is 11.7. The van der Waals surface area contributed by atoms with Crippen LogP contribution in [0.25, 0.3) is 21.5 Å². The molecular weight excluding hydrogens is 204 g/mol. The molecule has 0 heterocycles. The van der Waals surface area contributed by atoms with Crippen LogP contribution in [0.4, 0.5) is 0 Å². The van der Waals surface area contributed by atoms with E-state index in [0.29, 0.717) is 0 Å². The van der Waals surface area contributed by atoms with Crippen LogP contribution in [0.2, 0.25) is 0 Å². The standard InChI is InChI=1S/C17H14/c1-2-6-13-9-5-10-16-11-14-7-3-4-8-15(14)12-17(13)16/h2-5,7-12H,1,6H2. The molecule has 0 radical (unpaired) electrons. The van der Waals surface area contributed by atoms with Gasteiger partial charge in [-0.2, -0.15) is 0 Å². The highest BCUT2D eigenvalue weighted by atomic mass is 14.1. The Bertz CT molecular complexity index is 693. The highest BCUT2D eigenvalue weighted by Gasteiger charge is 2.01. The number of allylic oxidation sites excluding steroid dienone is 1. The van der Waals surface area contributed by atoms with E-state index in [1.165, 1.54) is 27.1 Å². The van der Waals surface area contributed by atoms with Gasteiger partial charge in [-0.3, -0.25) is 0 Å². The smallest absolute Gasteiger partial charge is 0.00940 e. The Morgan fingerprint density at radius 3 is 2.29 bits per heavy atom. The van der Waals surface area contributed by atoms with Gasteiger partial charge in [0.15, 0.2) is 0 Å². The summed E-state index contributed by atoms with van der Waals surface area (Å²) in [7, 11) is 0. The molecule has 3 aromatic rings. The van der Waals surface area contributed by atoms with E-state index in [4.69, 9.17) is 0 Å². The van der Waals surface area contributed by atoms with Crippen LogP contribution in [0.1, 0.15) is 5.56 Å². The summed E-state index contributed by atoms with van der Waals surface area (Å²) in [6.45, 7) is 3.83. The maximum atomic E-state index is 3.83. The number of benzene rings is 3. The lowest BCUT2D eigenvalue weighted by molar-refractivity contribution is 1.31. The summed E-state index contributed by atoms with van der Waals surface area (Å²) >= 11 is 0. The van der Waals surface area contributed by atoms with E-state index in [0.717, 1.165) is 6.42 Å². The number of fused-ring (bicyclic) bond motifs is 2. The molecule has 0 heteroatoms. The highest BCUT2D eigenvalue weighted by molar-refractivity contribution is 5.99. The maximum absolute atomic E-state index is 3.83. The molecule has 3 aromatic carbocycles.